The van der Waals surface area contributed by atoms with Crippen molar-refractivity contribution in [3.63, 3.8) is 0 Å². The highest BCUT2D eigenvalue weighted by molar-refractivity contribution is 5.95. The highest BCUT2D eigenvalue weighted by Crippen LogP contribution is 2.29. The van der Waals surface area contributed by atoms with Crippen molar-refractivity contribution in [1.82, 2.24) is 0 Å². The average Bonchev–Trinajstić information content (AvgIpc) is 2.81. The third-order valence-electron chi connectivity index (χ3n) is 3.13. The summed E-state index contributed by atoms with van der Waals surface area (Å²) in [6, 6.07) is 5.75. The number of hydrogen-bond acceptors (Lipinski definition) is 3. The van der Waals surface area contributed by atoms with Gasteiger partial charge in [0, 0.05) is 32.0 Å². The monoisotopic (exact) mass is 247 g/mol. The molecule has 0 N–H and O–H groups in total. The summed E-state index contributed by atoms with van der Waals surface area (Å²) in [5, 5.41) is 0. The van der Waals surface area contributed by atoms with E-state index in [0.717, 1.165) is 23.4 Å². The lowest BCUT2D eigenvalue weighted by molar-refractivity contribution is -0.122. The maximum Gasteiger partial charge on any atom is 0.227 e. The average molecular weight is 247 g/mol. The molecule has 1 amide bonds. The van der Waals surface area contributed by atoms with E-state index in [0.29, 0.717) is 13.0 Å². The molecule has 0 fully saturated rings. The lowest BCUT2D eigenvalue weighted by atomic mass is 10.1. The van der Waals surface area contributed by atoms with E-state index >= 15 is 0 Å². The number of anilines is 1. The number of benzene rings is 1. The molecule has 96 valence electrons. The van der Waals surface area contributed by atoms with Crippen molar-refractivity contribution in [2.45, 2.75) is 26.2 Å². The van der Waals surface area contributed by atoms with E-state index in [-0.39, 0.29) is 18.1 Å². The number of carbonyl (C=O) groups excluding carboxylic acids is 2. The number of Topliss-reactive ketones (excluding diaryl/α,β-unsaturated/α-hetero) is 1. The first-order chi connectivity index (χ1) is 8.58. The van der Waals surface area contributed by atoms with Crippen LogP contribution in [0.2, 0.25) is 0 Å². The summed E-state index contributed by atoms with van der Waals surface area (Å²) in [5.41, 5.74) is 1.99. The standard InChI is InChI=1S/C14H17NO3/c1-10(16)3-6-14(17)15(2)12-4-5-13-11(9-12)7-8-18-13/h4-5,9H,3,6-8H2,1-2H3. The molecule has 0 aliphatic carbocycles. The predicted molar refractivity (Wildman–Crippen MR) is 69.0 cm³/mol. The van der Waals surface area contributed by atoms with Gasteiger partial charge < -0.3 is 14.4 Å². The van der Waals surface area contributed by atoms with Gasteiger partial charge in [0.15, 0.2) is 0 Å². The molecule has 0 saturated heterocycles. The molecule has 1 aromatic carbocycles. The molecule has 0 unspecified atom stereocenters. The molecule has 4 nitrogen and oxygen atoms in total. The Bertz CT molecular complexity index is 482. The maximum atomic E-state index is 11.9. The third kappa shape index (κ3) is 2.70. The minimum atomic E-state index is -0.0379. The van der Waals surface area contributed by atoms with Crippen LogP contribution in [0.25, 0.3) is 0 Å². The molecular formula is C14H17NO3. The van der Waals surface area contributed by atoms with Crippen LogP contribution in [0.5, 0.6) is 5.75 Å². The second-order valence-corrected chi connectivity index (χ2v) is 4.55. The van der Waals surface area contributed by atoms with E-state index in [9.17, 15) is 9.59 Å². The van der Waals surface area contributed by atoms with Crippen LogP contribution >= 0.6 is 0 Å². The van der Waals surface area contributed by atoms with Gasteiger partial charge in [0.1, 0.15) is 11.5 Å². The van der Waals surface area contributed by atoms with Gasteiger partial charge in [-0.1, -0.05) is 0 Å². The van der Waals surface area contributed by atoms with Crippen molar-refractivity contribution in [3.8, 4) is 5.75 Å². The summed E-state index contributed by atoms with van der Waals surface area (Å²) < 4.78 is 5.42. The highest BCUT2D eigenvalue weighted by Gasteiger charge is 2.16. The molecule has 18 heavy (non-hydrogen) atoms. The van der Waals surface area contributed by atoms with Crippen molar-refractivity contribution in [2.75, 3.05) is 18.6 Å². The number of nitrogens with zero attached hydrogens (tertiary/aromatic N) is 1. The molecule has 4 heteroatoms. The summed E-state index contributed by atoms with van der Waals surface area (Å²) in [6.07, 6.45) is 1.45. The summed E-state index contributed by atoms with van der Waals surface area (Å²) in [5.74, 6) is 0.909. The quantitative estimate of drug-likeness (QED) is 0.817. The van der Waals surface area contributed by atoms with Crippen LogP contribution in [0, 0.1) is 0 Å². The number of ketones is 1. The first-order valence-corrected chi connectivity index (χ1v) is 6.09. The molecular weight excluding hydrogens is 230 g/mol. The second-order valence-electron chi connectivity index (χ2n) is 4.55. The highest BCUT2D eigenvalue weighted by atomic mass is 16.5. The van der Waals surface area contributed by atoms with E-state index in [4.69, 9.17) is 4.74 Å². The smallest absolute Gasteiger partial charge is 0.227 e. The first kappa shape index (κ1) is 12.6. The molecule has 1 aromatic rings. The molecule has 0 saturated carbocycles. The number of ether oxygens (including phenoxy) is 1. The van der Waals surface area contributed by atoms with Gasteiger partial charge in [-0.2, -0.15) is 0 Å². The zero-order chi connectivity index (χ0) is 13.1. The number of fused-ring (bicyclic) bond motifs is 1. The third-order valence-corrected chi connectivity index (χ3v) is 3.13. The van der Waals surface area contributed by atoms with Crippen LogP contribution in [0.15, 0.2) is 18.2 Å². The van der Waals surface area contributed by atoms with Crippen LogP contribution in [0.1, 0.15) is 25.3 Å². The van der Waals surface area contributed by atoms with Gasteiger partial charge in [0.05, 0.1) is 6.61 Å². The Hall–Kier alpha value is -1.84. The van der Waals surface area contributed by atoms with Crippen molar-refractivity contribution in [3.05, 3.63) is 23.8 Å². The molecule has 2 rings (SSSR count). The number of hydrogen-bond donors (Lipinski definition) is 0. The van der Waals surface area contributed by atoms with E-state index in [2.05, 4.69) is 0 Å². The second kappa shape index (κ2) is 5.21. The van der Waals surface area contributed by atoms with Crippen molar-refractivity contribution in [1.29, 1.82) is 0 Å². The topological polar surface area (TPSA) is 46.6 Å². The van der Waals surface area contributed by atoms with Gasteiger partial charge in [0.2, 0.25) is 5.91 Å². The maximum absolute atomic E-state index is 11.9. The molecule has 0 atom stereocenters. The van der Waals surface area contributed by atoms with Crippen LogP contribution in [0.4, 0.5) is 5.69 Å². The molecule has 1 aliphatic heterocycles. The predicted octanol–water partition coefficient (Wildman–Crippen LogP) is 1.95. The zero-order valence-corrected chi connectivity index (χ0v) is 10.7. The lowest BCUT2D eigenvalue weighted by Gasteiger charge is -2.17. The van der Waals surface area contributed by atoms with Gasteiger partial charge in [-0.3, -0.25) is 4.79 Å². The van der Waals surface area contributed by atoms with Crippen molar-refractivity contribution >= 4 is 17.4 Å². The number of rotatable bonds is 4. The summed E-state index contributed by atoms with van der Waals surface area (Å²) in [7, 11) is 1.74. The molecule has 1 aliphatic rings. The van der Waals surface area contributed by atoms with Crippen molar-refractivity contribution in [2.24, 2.45) is 0 Å². The fraction of sp³-hybridized carbons (Fsp3) is 0.429. The number of amides is 1. The van der Waals surface area contributed by atoms with E-state index < -0.39 is 0 Å². The van der Waals surface area contributed by atoms with Gasteiger partial charge in [-0.25, -0.2) is 0 Å². The Kier molecular flexibility index (Phi) is 3.65. The minimum Gasteiger partial charge on any atom is -0.493 e. The summed E-state index contributed by atoms with van der Waals surface area (Å²) >= 11 is 0. The van der Waals surface area contributed by atoms with Crippen LogP contribution < -0.4 is 9.64 Å². The Morgan fingerprint density at radius 2 is 2.11 bits per heavy atom. The lowest BCUT2D eigenvalue weighted by Crippen LogP contribution is -2.26. The summed E-state index contributed by atoms with van der Waals surface area (Å²) in [6.45, 7) is 2.21. The van der Waals surface area contributed by atoms with E-state index in [1.807, 2.05) is 18.2 Å². The Morgan fingerprint density at radius 1 is 1.33 bits per heavy atom. The fourth-order valence-corrected chi connectivity index (χ4v) is 1.98. The van der Waals surface area contributed by atoms with Gasteiger partial charge in [-0.05, 0) is 30.7 Å². The molecule has 1 heterocycles. The zero-order valence-electron chi connectivity index (χ0n) is 10.7. The molecule has 0 aromatic heterocycles. The molecule has 0 spiro atoms. The molecule has 0 bridgehead atoms. The minimum absolute atomic E-state index is 0.0379. The van der Waals surface area contributed by atoms with Crippen LogP contribution in [-0.2, 0) is 16.0 Å². The largest absolute Gasteiger partial charge is 0.493 e. The SMILES string of the molecule is CC(=O)CCC(=O)N(C)c1ccc2c(c1)CCO2. The van der Waals surface area contributed by atoms with Gasteiger partial charge >= 0.3 is 0 Å². The van der Waals surface area contributed by atoms with E-state index in [1.165, 1.54) is 6.92 Å². The normalized spacial score (nSPS) is 12.8. The van der Waals surface area contributed by atoms with Crippen LogP contribution in [0.3, 0.4) is 0 Å². The fourth-order valence-electron chi connectivity index (χ4n) is 1.98. The molecule has 0 radical (unpaired) electrons. The van der Waals surface area contributed by atoms with Crippen LogP contribution in [-0.4, -0.2) is 25.3 Å². The summed E-state index contributed by atoms with van der Waals surface area (Å²) in [4.78, 5) is 24.4. The Balaban J connectivity index is 2.06. The Labute approximate surface area is 107 Å². The van der Waals surface area contributed by atoms with Crippen molar-refractivity contribution < 1.29 is 14.3 Å². The first-order valence-electron chi connectivity index (χ1n) is 6.09. The van der Waals surface area contributed by atoms with E-state index in [1.54, 1.807) is 11.9 Å². The number of carbonyl (C=O) groups is 2. The Morgan fingerprint density at radius 3 is 2.83 bits per heavy atom. The van der Waals surface area contributed by atoms with Gasteiger partial charge in [-0.15, -0.1) is 0 Å². The van der Waals surface area contributed by atoms with Gasteiger partial charge in [0.25, 0.3) is 0 Å².